The summed E-state index contributed by atoms with van der Waals surface area (Å²) in [7, 11) is 0. The molecular weight excluding hydrogens is 350 g/mol. The van der Waals surface area contributed by atoms with Crippen LogP contribution in [0.1, 0.15) is 24.0 Å². The number of piperazine rings is 1. The fourth-order valence-electron chi connectivity index (χ4n) is 3.26. The molecule has 3 rings (SSSR count). The minimum absolute atomic E-state index is 0.0571. The van der Waals surface area contributed by atoms with Gasteiger partial charge >= 0.3 is 0 Å². The van der Waals surface area contributed by atoms with Gasteiger partial charge in [-0.2, -0.15) is 0 Å². The summed E-state index contributed by atoms with van der Waals surface area (Å²) in [6, 6.07) is 11.3. The van der Waals surface area contributed by atoms with Gasteiger partial charge in [-0.3, -0.25) is 14.6 Å². The first-order valence-corrected chi connectivity index (χ1v) is 9.11. The Balaban J connectivity index is 1.79. The quantitative estimate of drug-likeness (QED) is 0.830. The normalized spacial score (nSPS) is 15.6. The standard InChI is InChI=1S/C20H22ClN3O2/c1-15(25)23-9-11-24(12-10-23)20(26)19(13-16-3-2-8-22-14-16)17-4-6-18(21)7-5-17/h2-8,14,19H,9-13H2,1H3. The molecule has 1 atom stereocenters. The molecule has 1 aromatic carbocycles. The summed E-state index contributed by atoms with van der Waals surface area (Å²) in [6.45, 7) is 3.87. The molecule has 1 aliphatic rings. The highest BCUT2D eigenvalue weighted by molar-refractivity contribution is 6.30. The first-order valence-electron chi connectivity index (χ1n) is 8.73. The maximum atomic E-state index is 13.2. The van der Waals surface area contributed by atoms with Gasteiger partial charge in [-0.25, -0.2) is 0 Å². The molecule has 0 radical (unpaired) electrons. The number of rotatable bonds is 4. The molecule has 1 aromatic heterocycles. The highest BCUT2D eigenvalue weighted by atomic mass is 35.5. The number of aromatic nitrogens is 1. The number of pyridine rings is 1. The molecule has 136 valence electrons. The van der Waals surface area contributed by atoms with Crippen LogP contribution in [-0.4, -0.2) is 52.8 Å². The Bertz CT molecular complexity index is 756. The number of nitrogens with zero attached hydrogens (tertiary/aromatic N) is 3. The molecule has 1 aliphatic heterocycles. The third kappa shape index (κ3) is 4.41. The molecule has 5 nitrogen and oxygen atoms in total. The van der Waals surface area contributed by atoms with Gasteiger partial charge in [0.05, 0.1) is 5.92 Å². The highest BCUT2D eigenvalue weighted by Crippen LogP contribution is 2.25. The number of carbonyl (C=O) groups excluding carboxylic acids is 2. The van der Waals surface area contributed by atoms with Gasteiger partial charge in [0.15, 0.2) is 0 Å². The zero-order valence-electron chi connectivity index (χ0n) is 14.8. The fourth-order valence-corrected chi connectivity index (χ4v) is 3.39. The summed E-state index contributed by atoms with van der Waals surface area (Å²) in [5, 5.41) is 0.649. The van der Waals surface area contributed by atoms with Crippen molar-refractivity contribution in [3.8, 4) is 0 Å². The van der Waals surface area contributed by atoms with E-state index < -0.39 is 0 Å². The molecule has 1 fully saturated rings. The molecule has 0 aliphatic carbocycles. The zero-order chi connectivity index (χ0) is 18.5. The zero-order valence-corrected chi connectivity index (χ0v) is 15.5. The van der Waals surface area contributed by atoms with E-state index in [1.54, 1.807) is 24.2 Å². The van der Waals surface area contributed by atoms with E-state index in [4.69, 9.17) is 11.6 Å². The van der Waals surface area contributed by atoms with Gasteiger partial charge in [-0.15, -0.1) is 0 Å². The van der Waals surface area contributed by atoms with Crippen LogP contribution in [0.2, 0.25) is 5.02 Å². The topological polar surface area (TPSA) is 53.5 Å². The van der Waals surface area contributed by atoms with Crippen molar-refractivity contribution in [2.45, 2.75) is 19.3 Å². The van der Waals surface area contributed by atoms with Crippen LogP contribution in [-0.2, 0) is 16.0 Å². The van der Waals surface area contributed by atoms with Crippen molar-refractivity contribution < 1.29 is 9.59 Å². The molecule has 2 heterocycles. The van der Waals surface area contributed by atoms with Crippen LogP contribution < -0.4 is 0 Å². The van der Waals surface area contributed by atoms with Crippen LogP contribution in [0.5, 0.6) is 0 Å². The third-order valence-corrected chi connectivity index (χ3v) is 5.02. The maximum absolute atomic E-state index is 13.2. The molecular formula is C20H22ClN3O2. The Labute approximate surface area is 158 Å². The number of carbonyl (C=O) groups is 2. The van der Waals surface area contributed by atoms with Gasteiger partial charge in [0.25, 0.3) is 0 Å². The SMILES string of the molecule is CC(=O)N1CCN(C(=O)C(Cc2cccnc2)c2ccc(Cl)cc2)CC1. The monoisotopic (exact) mass is 371 g/mol. The molecule has 2 amide bonds. The van der Waals surface area contributed by atoms with E-state index in [1.165, 1.54) is 0 Å². The molecule has 2 aromatic rings. The number of hydrogen-bond acceptors (Lipinski definition) is 3. The molecule has 1 unspecified atom stereocenters. The predicted molar refractivity (Wildman–Crippen MR) is 101 cm³/mol. The van der Waals surface area contributed by atoms with Crippen molar-refractivity contribution in [1.29, 1.82) is 0 Å². The summed E-state index contributed by atoms with van der Waals surface area (Å²) in [4.78, 5) is 32.5. The summed E-state index contributed by atoms with van der Waals surface area (Å²) in [5.41, 5.74) is 1.96. The first-order chi connectivity index (χ1) is 12.5. The number of hydrogen-bond donors (Lipinski definition) is 0. The van der Waals surface area contributed by atoms with Crippen molar-refractivity contribution in [3.05, 3.63) is 64.9 Å². The number of benzene rings is 1. The van der Waals surface area contributed by atoms with E-state index >= 15 is 0 Å². The van der Waals surface area contributed by atoms with E-state index in [0.29, 0.717) is 37.6 Å². The number of amides is 2. The summed E-state index contributed by atoms with van der Waals surface area (Å²) < 4.78 is 0. The lowest BCUT2D eigenvalue weighted by atomic mass is 9.91. The van der Waals surface area contributed by atoms with E-state index in [9.17, 15) is 9.59 Å². The van der Waals surface area contributed by atoms with Crippen molar-refractivity contribution in [1.82, 2.24) is 14.8 Å². The number of halogens is 1. The van der Waals surface area contributed by atoms with Crippen molar-refractivity contribution in [2.24, 2.45) is 0 Å². The van der Waals surface area contributed by atoms with Gasteiger partial charge in [0, 0.05) is 50.5 Å². The average Bonchev–Trinajstić information content (AvgIpc) is 2.67. The molecule has 6 heteroatoms. The molecule has 1 saturated heterocycles. The lowest BCUT2D eigenvalue weighted by Crippen LogP contribution is -2.51. The summed E-state index contributed by atoms with van der Waals surface area (Å²) >= 11 is 6.01. The minimum Gasteiger partial charge on any atom is -0.339 e. The van der Waals surface area contributed by atoms with Crippen LogP contribution >= 0.6 is 11.6 Å². The minimum atomic E-state index is -0.291. The lowest BCUT2D eigenvalue weighted by Gasteiger charge is -2.36. The first kappa shape index (κ1) is 18.4. The Hall–Kier alpha value is -2.40. The fraction of sp³-hybridized carbons (Fsp3) is 0.350. The summed E-state index contributed by atoms with van der Waals surface area (Å²) in [5.74, 6) is -0.151. The highest BCUT2D eigenvalue weighted by Gasteiger charge is 2.29. The second kappa shape index (κ2) is 8.32. The lowest BCUT2D eigenvalue weighted by molar-refractivity contribution is -0.139. The van der Waals surface area contributed by atoms with Crippen molar-refractivity contribution in [3.63, 3.8) is 0 Å². The van der Waals surface area contributed by atoms with Crippen molar-refractivity contribution in [2.75, 3.05) is 26.2 Å². The maximum Gasteiger partial charge on any atom is 0.230 e. The van der Waals surface area contributed by atoms with Crippen molar-refractivity contribution >= 4 is 23.4 Å². The van der Waals surface area contributed by atoms with Gasteiger partial charge in [-0.05, 0) is 35.7 Å². The van der Waals surface area contributed by atoms with Crippen LogP contribution in [0.15, 0.2) is 48.8 Å². The van der Waals surface area contributed by atoms with E-state index in [1.807, 2.05) is 41.3 Å². The predicted octanol–water partition coefficient (Wildman–Crippen LogP) is 2.75. The van der Waals surface area contributed by atoms with Gasteiger partial charge in [0.2, 0.25) is 11.8 Å². The van der Waals surface area contributed by atoms with Crippen LogP contribution in [0.25, 0.3) is 0 Å². The van der Waals surface area contributed by atoms with Gasteiger partial charge in [0.1, 0.15) is 0 Å². The summed E-state index contributed by atoms with van der Waals surface area (Å²) in [6.07, 6.45) is 4.11. The van der Waals surface area contributed by atoms with Gasteiger partial charge < -0.3 is 9.80 Å². The van der Waals surface area contributed by atoms with Crippen LogP contribution in [0, 0.1) is 0 Å². The van der Waals surface area contributed by atoms with E-state index in [0.717, 1.165) is 11.1 Å². The Morgan fingerprint density at radius 3 is 2.31 bits per heavy atom. The van der Waals surface area contributed by atoms with Crippen LogP contribution in [0.3, 0.4) is 0 Å². The Morgan fingerprint density at radius 2 is 1.73 bits per heavy atom. The smallest absolute Gasteiger partial charge is 0.230 e. The largest absolute Gasteiger partial charge is 0.339 e. The molecule has 26 heavy (non-hydrogen) atoms. The molecule has 0 N–H and O–H groups in total. The van der Waals surface area contributed by atoms with Gasteiger partial charge in [-0.1, -0.05) is 29.8 Å². The second-order valence-corrected chi connectivity index (χ2v) is 6.94. The Morgan fingerprint density at radius 1 is 1.08 bits per heavy atom. The third-order valence-electron chi connectivity index (χ3n) is 4.77. The Kier molecular flexibility index (Phi) is 5.89. The molecule has 0 bridgehead atoms. The van der Waals surface area contributed by atoms with Crippen LogP contribution in [0.4, 0.5) is 0 Å². The van der Waals surface area contributed by atoms with E-state index in [2.05, 4.69) is 4.98 Å². The molecule has 0 saturated carbocycles. The average molecular weight is 372 g/mol. The van der Waals surface area contributed by atoms with E-state index in [-0.39, 0.29) is 17.7 Å². The second-order valence-electron chi connectivity index (χ2n) is 6.50. The molecule has 0 spiro atoms.